The molecule has 71 heavy (non-hydrogen) atoms. The highest BCUT2D eigenvalue weighted by atomic mass is 32.1. The van der Waals surface area contributed by atoms with Crippen molar-refractivity contribution >= 4 is 39.8 Å². The molecule has 2 fully saturated rings. The molecule has 3 aromatic heterocycles. The summed E-state index contributed by atoms with van der Waals surface area (Å²) >= 11 is 1.57. The van der Waals surface area contributed by atoms with Gasteiger partial charge in [0.05, 0.1) is 80.4 Å². The fourth-order valence-electron chi connectivity index (χ4n) is 9.01. The number of methoxy groups -OCH3 is 2. The Bertz CT molecular complexity index is 2640. The molecule has 0 unspecified atom stereocenters. The number of likely N-dealkylation sites (tertiary alicyclic amines) is 1. The van der Waals surface area contributed by atoms with Gasteiger partial charge in [-0.3, -0.25) is 34.0 Å². The van der Waals surface area contributed by atoms with Crippen molar-refractivity contribution in [1.82, 2.24) is 39.9 Å². The van der Waals surface area contributed by atoms with E-state index in [1.54, 1.807) is 49.6 Å². The third-order valence-corrected chi connectivity index (χ3v) is 14.0. The van der Waals surface area contributed by atoms with E-state index in [0.717, 1.165) is 88.0 Å². The molecule has 3 amide bonds. The first kappa shape index (κ1) is 53.0. The third kappa shape index (κ3) is 13.6. The predicted octanol–water partition coefficient (Wildman–Crippen LogP) is 4.03. The molecule has 2 aliphatic heterocycles. The quantitative estimate of drug-likeness (QED) is 0.0841. The minimum Gasteiger partial charge on any atom is -0.496 e. The number of thiazole rings is 1. The Morgan fingerprint density at radius 3 is 2.20 bits per heavy atom. The molecule has 3 atom stereocenters. The van der Waals surface area contributed by atoms with Crippen LogP contribution in [-0.2, 0) is 48.7 Å². The number of aryl methyl sites for hydroxylation is 2. The molecule has 3 N–H and O–H groups in total. The third-order valence-electron chi connectivity index (χ3n) is 13.0. The van der Waals surface area contributed by atoms with Gasteiger partial charge in [-0.05, 0) is 52.6 Å². The molecule has 0 aliphatic carbocycles. The Balaban J connectivity index is 0.769. The largest absolute Gasteiger partial charge is 0.496 e. The van der Waals surface area contributed by atoms with Crippen LogP contribution in [0.3, 0.4) is 0 Å². The number of amides is 3. The van der Waals surface area contributed by atoms with E-state index in [9.17, 15) is 24.3 Å². The summed E-state index contributed by atoms with van der Waals surface area (Å²) in [5.74, 6) is 0.165. The molecular weight excluding hydrogens is 929 g/mol. The standard InChI is InChI=1S/C52H68N8O10S/c1-34-47(71-33-55-34)36-10-8-35(9-11-36)27-54-49(63)43-26-38(61)29-60(43)51(65)48(52(2,3)4)56-46(62)32-70-23-22-69-21-20-68-19-18-58-14-16-59(17-15-58)31-42-44(66-6)24-37(25-45(42)67-7)41-30-57(5)50(64)40-28-53-13-12-39(40)41/h8-13,24-25,28,30,33,38,43,48,61H,14-23,26-27,29,31-32H2,1-7H3,(H,54,63)(H,56,62)/t38-,43+,48-/m1/s1. The summed E-state index contributed by atoms with van der Waals surface area (Å²) < 4.78 is 30.5. The Morgan fingerprint density at radius 2 is 1.55 bits per heavy atom. The highest BCUT2D eigenvalue weighted by Gasteiger charge is 2.44. The van der Waals surface area contributed by atoms with Gasteiger partial charge in [0.15, 0.2) is 0 Å². The molecule has 0 radical (unpaired) electrons. The lowest BCUT2D eigenvalue weighted by atomic mass is 9.85. The van der Waals surface area contributed by atoms with Crippen LogP contribution in [-0.4, -0.2) is 163 Å². The topological polar surface area (TPSA) is 199 Å². The van der Waals surface area contributed by atoms with Crippen LogP contribution in [0, 0.1) is 12.3 Å². The summed E-state index contributed by atoms with van der Waals surface area (Å²) in [6, 6.07) is 11.9. The fraction of sp³-hybridized carbons (Fsp3) is 0.500. The molecule has 0 bridgehead atoms. The Morgan fingerprint density at radius 1 is 0.887 bits per heavy atom. The second-order valence-corrected chi connectivity index (χ2v) is 19.9. The summed E-state index contributed by atoms with van der Waals surface area (Å²) in [5.41, 5.74) is 6.67. The van der Waals surface area contributed by atoms with Crippen molar-refractivity contribution in [2.45, 2.75) is 65.4 Å². The molecule has 5 heterocycles. The van der Waals surface area contributed by atoms with Crippen molar-refractivity contribution in [3.63, 3.8) is 0 Å². The summed E-state index contributed by atoms with van der Waals surface area (Å²) in [6.45, 7) is 14.2. The number of pyridine rings is 2. The summed E-state index contributed by atoms with van der Waals surface area (Å²) in [4.78, 5) is 69.0. The Hall–Kier alpha value is -5.80. The van der Waals surface area contributed by atoms with Gasteiger partial charge in [0.2, 0.25) is 17.7 Å². The van der Waals surface area contributed by atoms with Gasteiger partial charge < -0.3 is 48.9 Å². The first-order valence-corrected chi connectivity index (χ1v) is 24.9. The molecule has 382 valence electrons. The molecule has 18 nitrogen and oxygen atoms in total. The zero-order valence-electron chi connectivity index (χ0n) is 41.9. The van der Waals surface area contributed by atoms with Gasteiger partial charge in [-0.25, -0.2) is 4.98 Å². The minimum atomic E-state index is -0.961. The molecule has 0 saturated carbocycles. The average Bonchev–Trinajstić information content (AvgIpc) is 3.99. The zero-order valence-corrected chi connectivity index (χ0v) is 42.7. The van der Waals surface area contributed by atoms with Gasteiger partial charge in [0.1, 0.15) is 30.2 Å². The number of hydrogen-bond donors (Lipinski definition) is 3. The van der Waals surface area contributed by atoms with Gasteiger partial charge in [-0.1, -0.05) is 45.0 Å². The van der Waals surface area contributed by atoms with Crippen LogP contribution in [0.15, 0.2) is 71.4 Å². The Kier molecular flexibility index (Phi) is 18.3. The number of aliphatic hydroxyl groups excluding tert-OH is 1. The van der Waals surface area contributed by atoms with Crippen LogP contribution in [0.1, 0.15) is 44.0 Å². The van der Waals surface area contributed by atoms with Gasteiger partial charge in [-0.2, -0.15) is 0 Å². The molecule has 2 aliphatic rings. The van der Waals surface area contributed by atoms with E-state index >= 15 is 0 Å². The number of ether oxygens (including phenoxy) is 5. The number of hydrogen-bond acceptors (Lipinski definition) is 15. The summed E-state index contributed by atoms with van der Waals surface area (Å²) in [5, 5.41) is 17.7. The van der Waals surface area contributed by atoms with Crippen molar-refractivity contribution in [3.8, 4) is 33.1 Å². The monoisotopic (exact) mass is 996 g/mol. The van der Waals surface area contributed by atoms with Crippen molar-refractivity contribution in [3.05, 3.63) is 93.7 Å². The smallest absolute Gasteiger partial charge is 0.259 e. The number of aliphatic hydroxyl groups is 1. The van der Waals surface area contributed by atoms with Crippen LogP contribution in [0.4, 0.5) is 0 Å². The van der Waals surface area contributed by atoms with E-state index in [2.05, 4.69) is 30.4 Å². The number of nitrogens with one attached hydrogen (secondary N) is 2. The van der Waals surface area contributed by atoms with E-state index in [4.69, 9.17) is 23.7 Å². The van der Waals surface area contributed by atoms with Crippen LogP contribution in [0.5, 0.6) is 11.5 Å². The second-order valence-electron chi connectivity index (χ2n) is 19.1. The first-order valence-electron chi connectivity index (χ1n) is 24.1. The minimum absolute atomic E-state index is 0.0132. The van der Waals surface area contributed by atoms with Crippen LogP contribution in [0.25, 0.3) is 32.3 Å². The molecular formula is C52H68N8O10S. The summed E-state index contributed by atoms with van der Waals surface area (Å²) in [7, 11) is 5.06. The number of rotatable bonds is 22. The van der Waals surface area contributed by atoms with E-state index in [1.807, 2.05) is 81.9 Å². The number of carbonyl (C=O) groups excluding carboxylic acids is 3. The number of aromatic nitrogens is 3. The Labute approximate surface area is 419 Å². The van der Waals surface area contributed by atoms with Crippen molar-refractivity contribution in [2.75, 3.05) is 93.1 Å². The number of nitrogens with zero attached hydrogens (tertiary/aromatic N) is 6. The van der Waals surface area contributed by atoms with Gasteiger partial charge in [0.25, 0.3) is 5.56 Å². The van der Waals surface area contributed by atoms with Crippen LogP contribution >= 0.6 is 11.3 Å². The maximum atomic E-state index is 14.0. The highest BCUT2D eigenvalue weighted by molar-refractivity contribution is 7.13. The fourth-order valence-corrected chi connectivity index (χ4v) is 9.82. The summed E-state index contributed by atoms with van der Waals surface area (Å²) in [6.07, 6.45) is 4.36. The highest BCUT2D eigenvalue weighted by Crippen LogP contribution is 2.38. The van der Waals surface area contributed by atoms with Crippen molar-refractivity contribution in [2.24, 2.45) is 12.5 Å². The number of piperazine rings is 1. The second kappa shape index (κ2) is 24.6. The lowest BCUT2D eigenvalue weighted by Gasteiger charge is -2.35. The first-order chi connectivity index (χ1) is 34.1. The van der Waals surface area contributed by atoms with E-state index < -0.39 is 35.4 Å². The number of fused-ring (bicyclic) bond motifs is 1. The van der Waals surface area contributed by atoms with E-state index in [-0.39, 0.29) is 50.8 Å². The van der Waals surface area contributed by atoms with Crippen molar-refractivity contribution < 1.29 is 43.2 Å². The molecule has 5 aromatic rings. The van der Waals surface area contributed by atoms with Gasteiger partial charge >= 0.3 is 0 Å². The van der Waals surface area contributed by atoms with Crippen LogP contribution < -0.4 is 25.7 Å². The van der Waals surface area contributed by atoms with E-state index in [0.29, 0.717) is 31.8 Å². The molecule has 2 saturated heterocycles. The maximum absolute atomic E-state index is 14.0. The zero-order chi connectivity index (χ0) is 50.7. The molecule has 19 heteroatoms. The van der Waals surface area contributed by atoms with Crippen molar-refractivity contribution in [1.29, 1.82) is 0 Å². The average molecular weight is 997 g/mol. The number of carbonyl (C=O) groups is 3. The van der Waals surface area contributed by atoms with E-state index in [1.165, 1.54) is 4.90 Å². The normalized spacial score (nSPS) is 17.1. The predicted molar refractivity (Wildman–Crippen MR) is 271 cm³/mol. The number of β-amino-alcohol motifs (C(OH)–C–C–N with tert-alkyl or cyclic N) is 1. The lowest BCUT2D eigenvalue weighted by molar-refractivity contribution is -0.144. The SMILES string of the molecule is COc1cc(-c2cn(C)c(=O)c3cnccc23)cc(OC)c1CN1CCN(CCOCCOCCOCC(=O)N[C@H](C(=O)N2C[C@H](O)C[C@H]2C(=O)NCc2ccc(-c3scnc3C)cc2)C(C)(C)C)CC1. The van der Waals surface area contributed by atoms with Gasteiger partial charge in [-0.15, -0.1) is 11.3 Å². The van der Waals surface area contributed by atoms with Gasteiger partial charge in [0, 0.05) is 90.0 Å². The number of benzene rings is 2. The van der Waals surface area contributed by atoms with Crippen LogP contribution in [0.2, 0.25) is 0 Å². The molecule has 2 aromatic carbocycles. The molecule has 7 rings (SSSR count). The lowest BCUT2D eigenvalue weighted by Crippen LogP contribution is -2.58. The maximum Gasteiger partial charge on any atom is 0.259 e. The molecule has 0 spiro atoms.